The van der Waals surface area contributed by atoms with Crippen LogP contribution in [0.4, 0.5) is 0 Å². The van der Waals surface area contributed by atoms with Crippen LogP contribution in [0.2, 0.25) is 0 Å². The molecule has 0 radical (unpaired) electrons. The van der Waals surface area contributed by atoms with Crippen molar-refractivity contribution in [2.45, 2.75) is 20.3 Å². The molecule has 1 aromatic carbocycles. The standard InChI is InChI=1S/C12H12N2O2/c1-8-3-5-10(6-4-8)7-11-13-12(9(2)15)16-14-11/h3-6H,7H2,1-2H3. The quantitative estimate of drug-likeness (QED) is 0.738. The van der Waals surface area contributed by atoms with Gasteiger partial charge in [-0.15, -0.1) is 0 Å². The highest BCUT2D eigenvalue weighted by Gasteiger charge is 2.10. The lowest BCUT2D eigenvalue weighted by atomic mass is 10.1. The molecule has 0 bridgehead atoms. The number of ketones is 1. The summed E-state index contributed by atoms with van der Waals surface area (Å²) in [6, 6.07) is 8.08. The summed E-state index contributed by atoms with van der Waals surface area (Å²) in [6.07, 6.45) is 0.580. The first kappa shape index (κ1) is 10.5. The molecular weight excluding hydrogens is 204 g/mol. The number of aromatic nitrogens is 2. The van der Waals surface area contributed by atoms with Crippen molar-refractivity contribution in [2.24, 2.45) is 0 Å². The summed E-state index contributed by atoms with van der Waals surface area (Å²) in [6.45, 7) is 3.44. The van der Waals surface area contributed by atoms with E-state index in [2.05, 4.69) is 10.1 Å². The Hall–Kier alpha value is -1.97. The van der Waals surface area contributed by atoms with Gasteiger partial charge in [-0.2, -0.15) is 4.98 Å². The van der Waals surface area contributed by atoms with Crippen molar-refractivity contribution in [3.8, 4) is 0 Å². The Morgan fingerprint density at radius 2 is 2.00 bits per heavy atom. The monoisotopic (exact) mass is 216 g/mol. The zero-order valence-electron chi connectivity index (χ0n) is 9.23. The molecule has 0 N–H and O–H groups in total. The summed E-state index contributed by atoms with van der Waals surface area (Å²) in [5, 5.41) is 3.75. The predicted octanol–water partition coefficient (Wildman–Crippen LogP) is 2.17. The number of carbonyl (C=O) groups is 1. The van der Waals surface area contributed by atoms with E-state index < -0.39 is 0 Å². The fraction of sp³-hybridized carbons (Fsp3) is 0.250. The van der Waals surface area contributed by atoms with Gasteiger partial charge in [-0.3, -0.25) is 4.79 Å². The summed E-state index contributed by atoms with van der Waals surface area (Å²) in [5.41, 5.74) is 2.31. The highest BCUT2D eigenvalue weighted by molar-refractivity contribution is 5.89. The van der Waals surface area contributed by atoms with Crippen molar-refractivity contribution in [1.82, 2.24) is 10.1 Å². The molecule has 1 heterocycles. The maximum absolute atomic E-state index is 11.0. The molecule has 82 valence electrons. The molecule has 2 rings (SSSR count). The van der Waals surface area contributed by atoms with E-state index in [0.717, 1.165) is 5.56 Å². The van der Waals surface area contributed by atoms with Crippen LogP contribution in [0, 0.1) is 6.92 Å². The number of aryl methyl sites for hydroxylation is 1. The van der Waals surface area contributed by atoms with Crippen LogP contribution in [0.15, 0.2) is 28.8 Å². The Labute approximate surface area is 93.3 Å². The van der Waals surface area contributed by atoms with Gasteiger partial charge in [-0.25, -0.2) is 0 Å². The molecule has 0 amide bonds. The van der Waals surface area contributed by atoms with E-state index in [-0.39, 0.29) is 11.7 Å². The van der Waals surface area contributed by atoms with Gasteiger partial charge in [-0.05, 0) is 12.5 Å². The second-order valence-electron chi connectivity index (χ2n) is 3.73. The normalized spacial score (nSPS) is 10.4. The molecule has 2 aromatic rings. The number of hydrogen-bond donors (Lipinski definition) is 0. The van der Waals surface area contributed by atoms with Gasteiger partial charge in [0.05, 0.1) is 0 Å². The maximum atomic E-state index is 11.0. The van der Waals surface area contributed by atoms with Crippen LogP contribution in [-0.2, 0) is 6.42 Å². The molecule has 0 unspecified atom stereocenters. The summed E-state index contributed by atoms with van der Waals surface area (Å²) < 4.78 is 4.81. The van der Waals surface area contributed by atoms with Crippen LogP contribution in [0.25, 0.3) is 0 Å². The lowest BCUT2D eigenvalue weighted by molar-refractivity contribution is 0.0972. The largest absolute Gasteiger partial charge is 0.331 e. The maximum Gasteiger partial charge on any atom is 0.293 e. The second kappa shape index (κ2) is 4.26. The van der Waals surface area contributed by atoms with Crippen molar-refractivity contribution in [2.75, 3.05) is 0 Å². The van der Waals surface area contributed by atoms with E-state index in [1.54, 1.807) is 0 Å². The van der Waals surface area contributed by atoms with Gasteiger partial charge < -0.3 is 4.52 Å². The first-order chi connectivity index (χ1) is 7.65. The highest BCUT2D eigenvalue weighted by atomic mass is 16.5. The third-order valence-electron chi connectivity index (χ3n) is 2.25. The first-order valence-corrected chi connectivity index (χ1v) is 5.04. The Bertz CT molecular complexity index is 500. The first-order valence-electron chi connectivity index (χ1n) is 5.04. The Kier molecular flexibility index (Phi) is 2.81. The molecule has 0 aliphatic rings. The van der Waals surface area contributed by atoms with E-state index >= 15 is 0 Å². The Balaban J connectivity index is 2.14. The van der Waals surface area contributed by atoms with Gasteiger partial charge in [0.25, 0.3) is 5.89 Å². The molecule has 0 atom stereocenters. The second-order valence-corrected chi connectivity index (χ2v) is 3.73. The van der Waals surface area contributed by atoms with Crippen molar-refractivity contribution < 1.29 is 9.32 Å². The molecule has 0 saturated heterocycles. The summed E-state index contributed by atoms with van der Waals surface area (Å²) in [4.78, 5) is 15.0. The van der Waals surface area contributed by atoms with Gasteiger partial charge in [0.15, 0.2) is 5.82 Å². The molecule has 4 nitrogen and oxygen atoms in total. The number of rotatable bonds is 3. The van der Waals surface area contributed by atoms with Crippen LogP contribution in [0.1, 0.15) is 34.6 Å². The van der Waals surface area contributed by atoms with Crippen LogP contribution < -0.4 is 0 Å². The van der Waals surface area contributed by atoms with E-state index in [1.165, 1.54) is 12.5 Å². The molecule has 16 heavy (non-hydrogen) atoms. The molecule has 1 aromatic heterocycles. The van der Waals surface area contributed by atoms with Crippen LogP contribution in [0.5, 0.6) is 0 Å². The van der Waals surface area contributed by atoms with Crippen molar-refractivity contribution in [3.63, 3.8) is 0 Å². The highest BCUT2D eigenvalue weighted by Crippen LogP contribution is 2.08. The SMILES string of the molecule is CC(=O)c1nc(Cc2ccc(C)cc2)no1. The van der Waals surface area contributed by atoms with Crippen LogP contribution >= 0.6 is 0 Å². The molecule has 0 aliphatic carbocycles. The smallest absolute Gasteiger partial charge is 0.293 e. The molecule has 4 heteroatoms. The van der Waals surface area contributed by atoms with E-state index in [1.807, 2.05) is 31.2 Å². The number of nitrogens with zero attached hydrogens (tertiary/aromatic N) is 2. The minimum absolute atomic E-state index is 0.0714. The third kappa shape index (κ3) is 2.34. The zero-order valence-corrected chi connectivity index (χ0v) is 9.23. The molecule has 0 aliphatic heterocycles. The van der Waals surface area contributed by atoms with Gasteiger partial charge in [0.2, 0.25) is 5.78 Å². The van der Waals surface area contributed by atoms with E-state index in [9.17, 15) is 4.79 Å². The molecular formula is C12H12N2O2. The van der Waals surface area contributed by atoms with Gasteiger partial charge >= 0.3 is 0 Å². The van der Waals surface area contributed by atoms with E-state index in [4.69, 9.17) is 4.52 Å². The molecule has 0 spiro atoms. The van der Waals surface area contributed by atoms with Crippen molar-refractivity contribution in [1.29, 1.82) is 0 Å². The number of benzene rings is 1. The van der Waals surface area contributed by atoms with Crippen molar-refractivity contribution in [3.05, 3.63) is 47.1 Å². The number of Topliss-reactive ketones (excluding diaryl/α,β-unsaturated/α-hetero) is 1. The third-order valence-corrected chi connectivity index (χ3v) is 2.25. The molecule has 0 fully saturated rings. The molecule has 0 saturated carbocycles. The van der Waals surface area contributed by atoms with Gasteiger partial charge in [0, 0.05) is 13.3 Å². The number of carbonyl (C=O) groups excluding carboxylic acids is 1. The van der Waals surface area contributed by atoms with Crippen LogP contribution in [0.3, 0.4) is 0 Å². The Morgan fingerprint density at radius 1 is 1.31 bits per heavy atom. The topological polar surface area (TPSA) is 56.0 Å². The van der Waals surface area contributed by atoms with Gasteiger partial charge in [-0.1, -0.05) is 35.0 Å². The zero-order chi connectivity index (χ0) is 11.5. The summed E-state index contributed by atoms with van der Waals surface area (Å²) >= 11 is 0. The fourth-order valence-corrected chi connectivity index (χ4v) is 1.36. The number of hydrogen-bond acceptors (Lipinski definition) is 4. The minimum Gasteiger partial charge on any atom is -0.331 e. The summed E-state index contributed by atoms with van der Waals surface area (Å²) in [7, 11) is 0. The lowest BCUT2D eigenvalue weighted by Gasteiger charge is -1.96. The van der Waals surface area contributed by atoms with Crippen LogP contribution in [-0.4, -0.2) is 15.9 Å². The fourth-order valence-electron chi connectivity index (χ4n) is 1.36. The lowest BCUT2D eigenvalue weighted by Crippen LogP contribution is -1.94. The minimum atomic E-state index is -0.206. The average molecular weight is 216 g/mol. The summed E-state index contributed by atoms with van der Waals surface area (Å²) in [5.74, 6) is 0.402. The van der Waals surface area contributed by atoms with Crippen molar-refractivity contribution >= 4 is 5.78 Å². The average Bonchev–Trinajstić information content (AvgIpc) is 2.70. The van der Waals surface area contributed by atoms with E-state index in [0.29, 0.717) is 12.2 Å². The van der Waals surface area contributed by atoms with Gasteiger partial charge in [0.1, 0.15) is 0 Å². The predicted molar refractivity (Wildman–Crippen MR) is 58.3 cm³/mol. The Morgan fingerprint density at radius 3 is 2.56 bits per heavy atom.